The first-order chi connectivity index (χ1) is 10.4. The van der Waals surface area contributed by atoms with Crippen LogP contribution < -0.4 is 5.32 Å². The Morgan fingerprint density at radius 1 is 0.762 bits per heavy atom. The molecule has 1 N–H and O–H groups in total. The summed E-state index contributed by atoms with van der Waals surface area (Å²) in [6.45, 7) is 0. The maximum atomic E-state index is 4.09. The van der Waals surface area contributed by atoms with E-state index in [9.17, 15) is 0 Å². The Kier molecular flexibility index (Phi) is 4.27. The molecule has 3 aromatic rings. The highest BCUT2D eigenvalue weighted by atomic mass is 14.9. The van der Waals surface area contributed by atoms with Crippen LogP contribution in [0.4, 0.5) is 5.69 Å². The molecule has 1 aromatic heterocycles. The topological polar surface area (TPSA) is 24.9 Å². The first-order valence-electron chi connectivity index (χ1n) is 7.17. The molecule has 0 unspecified atom stereocenters. The van der Waals surface area contributed by atoms with E-state index in [1.54, 1.807) is 0 Å². The Morgan fingerprint density at radius 2 is 1.38 bits per heavy atom. The van der Waals surface area contributed by atoms with Crippen LogP contribution in [0.15, 0.2) is 85.2 Å². The monoisotopic (exact) mass is 274 g/mol. The zero-order chi connectivity index (χ0) is 14.3. The van der Waals surface area contributed by atoms with Gasteiger partial charge in [0.2, 0.25) is 0 Å². The van der Waals surface area contributed by atoms with E-state index in [0.29, 0.717) is 0 Å². The van der Waals surface area contributed by atoms with Crippen LogP contribution in [0.25, 0.3) is 0 Å². The van der Waals surface area contributed by atoms with Gasteiger partial charge in [-0.25, -0.2) is 0 Å². The molecule has 2 heteroatoms. The van der Waals surface area contributed by atoms with E-state index in [1.165, 1.54) is 11.1 Å². The van der Waals surface area contributed by atoms with Crippen LogP contribution in [0.5, 0.6) is 0 Å². The van der Waals surface area contributed by atoms with Gasteiger partial charge in [0.1, 0.15) is 0 Å². The lowest BCUT2D eigenvalue weighted by atomic mass is 9.99. The van der Waals surface area contributed by atoms with E-state index in [0.717, 1.165) is 12.1 Å². The van der Waals surface area contributed by atoms with Crippen molar-refractivity contribution in [1.82, 2.24) is 4.98 Å². The van der Waals surface area contributed by atoms with E-state index >= 15 is 0 Å². The summed E-state index contributed by atoms with van der Waals surface area (Å²) in [5.74, 6) is 0. The van der Waals surface area contributed by atoms with Crippen molar-refractivity contribution >= 4 is 5.69 Å². The molecule has 1 atom stereocenters. The summed E-state index contributed by atoms with van der Waals surface area (Å²) in [6, 6.07) is 25.3. The molecule has 0 bridgehead atoms. The Balaban J connectivity index is 1.84. The lowest BCUT2D eigenvalue weighted by molar-refractivity contribution is 0.774. The fraction of sp³-hybridized carbons (Fsp3) is 0.105. The first-order valence-corrected chi connectivity index (χ1v) is 7.17. The number of aromatic nitrogens is 1. The van der Waals surface area contributed by atoms with Gasteiger partial charge >= 0.3 is 0 Å². The highest BCUT2D eigenvalue weighted by molar-refractivity contribution is 5.45. The van der Waals surface area contributed by atoms with E-state index in [2.05, 4.69) is 77.0 Å². The fourth-order valence-electron chi connectivity index (χ4n) is 2.43. The van der Waals surface area contributed by atoms with Gasteiger partial charge in [0.05, 0.1) is 6.04 Å². The molecule has 0 radical (unpaired) electrons. The second-order valence-corrected chi connectivity index (χ2v) is 5.03. The number of nitrogens with one attached hydrogen (secondary N) is 1. The standard InChI is InChI=1S/C19H18N2/c1-3-7-17(8-4-1)19(15-16-11-13-20-14-12-16)21-18-9-5-2-6-10-18/h1-14,19,21H,15H2/t19-/m1/s1. The number of pyridine rings is 1. The zero-order valence-electron chi connectivity index (χ0n) is 11.8. The molecule has 0 spiro atoms. The molecule has 2 nitrogen and oxygen atoms in total. The Hall–Kier alpha value is -2.61. The summed E-state index contributed by atoms with van der Waals surface area (Å²) >= 11 is 0. The third-order valence-electron chi connectivity index (χ3n) is 3.51. The molecular weight excluding hydrogens is 256 g/mol. The maximum Gasteiger partial charge on any atom is 0.0554 e. The van der Waals surface area contributed by atoms with E-state index < -0.39 is 0 Å². The average molecular weight is 274 g/mol. The quantitative estimate of drug-likeness (QED) is 0.742. The normalized spacial score (nSPS) is 11.8. The van der Waals surface area contributed by atoms with Crippen molar-refractivity contribution in [3.8, 4) is 0 Å². The number of rotatable bonds is 5. The van der Waals surface area contributed by atoms with Gasteiger partial charge in [-0.05, 0) is 41.8 Å². The van der Waals surface area contributed by atoms with Crippen LogP contribution in [-0.2, 0) is 6.42 Å². The van der Waals surface area contributed by atoms with Crippen LogP contribution in [0, 0.1) is 0 Å². The summed E-state index contributed by atoms with van der Waals surface area (Å²) in [6.07, 6.45) is 4.63. The summed E-state index contributed by atoms with van der Waals surface area (Å²) < 4.78 is 0. The molecule has 3 rings (SSSR count). The number of benzene rings is 2. The van der Waals surface area contributed by atoms with Crippen LogP contribution in [0.3, 0.4) is 0 Å². The summed E-state index contributed by atoms with van der Waals surface area (Å²) in [5.41, 5.74) is 3.71. The van der Waals surface area contributed by atoms with Gasteiger partial charge in [0, 0.05) is 18.1 Å². The molecule has 0 fully saturated rings. The van der Waals surface area contributed by atoms with Crippen LogP contribution in [-0.4, -0.2) is 4.98 Å². The molecule has 0 saturated carbocycles. The molecule has 0 aliphatic carbocycles. The third kappa shape index (κ3) is 3.69. The van der Waals surface area contributed by atoms with Crippen molar-refractivity contribution in [2.24, 2.45) is 0 Å². The zero-order valence-corrected chi connectivity index (χ0v) is 11.8. The van der Waals surface area contributed by atoms with Crippen molar-refractivity contribution in [3.63, 3.8) is 0 Å². The molecule has 0 aliphatic rings. The van der Waals surface area contributed by atoms with Gasteiger partial charge in [-0.2, -0.15) is 0 Å². The SMILES string of the molecule is c1ccc(N[C@H](Cc2ccncc2)c2ccccc2)cc1. The van der Waals surface area contributed by atoms with E-state index in [-0.39, 0.29) is 6.04 Å². The number of hydrogen-bond acceptors (Lipinski definition) is 2. The average Bonchev–Trinajstić information content (AvgIpc) is 2.57. The van der Waals surface area contributed by atoms with E-state index in [1.807, 2.05) is 18.5 Å². The second-order valence-electron chi connectivity index (χ2n) is 5.03. The van der Waals surface area contributed by atoms with Crippen LogP contribution in [0.1, 0.15) is 17.2 Å². The van der Waals surface area contributed by atoms with Gasteiger partial charge < -0.3 is 5.32 Å². The molecular formula is C19H18N2. The first kappa shape index (κ1) is 13.4. The summed E-state index contributed by atoms with van der Waals surface area (Å²) in [4.78, 5) is 4.09. The highest BCUT2D eigenvalue weighted by Crippen LogP contribution is 2.23. The number of para-hydroxylation sites is 1. The van der Waals surface area contributed by atoms with Crippen molar-refractivity contribution in [3.05, 3.63) is 96.3 Å². The smallest absolute Gasteiger partial charge is 0.0554 e. The summed E-state index contributed by atoms with van der Waals surface area (Å²) in [7, 11) is 0. The number of nitrogens with zero attached hydrogens (tertiary/aromatic N) is 1. The molecule has 1 heterocycles. The third-order valence-corrected chi connectivity index (χ3v) is 3.51. The maximum absolute atomic E-state index is 4.09. The van der Waals surface area contributed by atoms with Crippen LogP contribution in [0.2, 0.25) is 0 Å². The largest absolute Gasteiger partial charge is 0.378 e. The lowest BCUT2D eigenvalue weighted by Gasteiger charge is -2.20. The van der Waals surface area contributed by atoms with E-state index in [4.69, 9.17) is 0 Å². The van der Waals surface area contributed by atoms with Crippen molar-refractivity contribution in [1.29, 1.82) is 0 Å². The molecule has 21 heavy (non-hydrogen) atoms. The Labute approximate surface area is 125 Å². The summed E-state index contributed by atoms with van der Waals surface area (Å²) in [5, 5.41) is 3.62. The molecule has 0 aliphatic heterocycles. The minimum Gasteiger partial charge on any atom is -0.378 e. The van der Waals surface area contributed by atoms with Crippen molar-refractivity contribution in [2.75, 3.05) is 5.32 Å². The van der Waals surface area contributed by atoms with Gasteiger partial charge in [-0.15, -0.1) is 0 Å². The molecule has 2 aromatic carbocycles. The van der Waals surface area contributed by atoms with Crippen molar-refractivity contribution in [2.45, 2.75) is 12.5 Å². The van der Waals surface area contributed by atoms with Gasteiger partial charge in [0.25, 0.3) is 0 Å². The Morgan fingerprint density at radius 3 is 2.05 bits per heavy atom. The van der Waals surface area contributed by atoms with Gasteiger partial charge in [-0.3, -0.25) is 4.98 Å². The minimum atomic E-state index is 0.246. The van der Waals surface area contributed by atoms with Crippen molar-refractivity contribution < 1.29 is 0 Å². The second kappa shape index (κ2) is 6.71. The van der Waals surface area contributed by atoms with Gasteiger partial charge in [-0.1, -0.05) is 48.5 Å². The van der Waals surface area contributed by atoms with Gasteiger partial charge in [0.15, 0.2) is 0 Å². The molecule has 0 amide bonds. The van der Waals surface area contributed by atoms with Crippen LogP contribution >= 0.6 is 0 Å². The molecule has 104 valence electrons. The number of hydrogen-bond donors (Lipinski definition) is 1. The lowest BCUT2D eigenvalue weighted by Crippen LogP contribution is -2.13. The Bertz CT molecular complexity index is 609. The predicted octanol–water partition coefficient (Wildman–Crippen LogP) is 4.48. The number of anilines is 1. The minimum absolute atomic E-state index is 0.246. The fourth-order valence-corrected chi connectivity index (χ4v) is 2.43. The highest BCUT2D eigenvalue weighted by Gasteiger charge is 2.11. The predicted molar refractivity (Wildman–Crippen MR) is 87.2 cm³/mol. The molecule has 0 saturated heterocycles.